The Balaban J connectivity index is 2.30. The Morgan fingerprint density at radius 3 is 2.71 bits per heavy atom. The largest absolute Gasteiger partial charge is 0.384 e. The summed E-state index contributed by atoms with van der Waals surface area (Å²) in [7, 11) is 0. The lowest BCUT2D eigenvalue weighted by molar-refractivity contribution is 0.0988. The van der Waals surface area contributed by atoms with E-state index in [-0.39, 0.29) is 12.5 Å². The van der Waals surface area contributed by atoms with E-state index in [1.54, 1.807) is 17.2 Å². The van der Waals surface area contributed by atoms with E-state index in [1.807, 2.05) is 37.3 Å². The van der Waals surface area contributed by atoms with Gasteiger partial charge in [0.1, 0.15) is 6.61 Å². The highest BCUT2D eigenvalue weighted by Gasteiger charge is 2.16. The summed E-state index contributed by atoms with van der Waals surface area (Å²) < 4.78 is 0. The molecule has 2 aromatic rings. The van der Waals surface area contributed by atoms with Crippen LogP contribution < -0.4 is 4.90 Å². The lowest BCUT2D eigenvalue weighted by Gasteiger charge is -2.20. The van der Waals surface area contributed by atoms with Gasteiger partial charge in [-0.15, -0.1) is 0 Å². The van der Waals surface area contributed by atoms with Crippen molar-refractivity contribution in [2.45, 2.75) is 6.92 Å². The third kappa shape index (κ3) is 3.68. The van der Waals surface area contributed by atoms with E-state index in [0.29, 0.717) is 17.7 Å². The zero-order valence-corrected chi connectivity index (χ0v) is 11.8. The second-order valence-corrected chi connectivity index (χ2v) is 4.31. The number of hydrogen-bond acceptors (Lipinski definition) is 3. The zero-order valence-electron chi connectivity index (χ0n) is 11.8. The van der Waals surface area contributed by atoms with Gasteiger partial charge in [-0.2, -0.15) is 0 Å². The summed E-state index contributed by atoms with van der Waals surface area (Å²) in [4.78, 5) is 18.3. The normalized spacial score (nSPS) is 9.62. The number of rotatable bonds is 3. The molecule has 4 heteroatoms. The van der Waals surface area contributed by atoms with Crippen LogP contribution in [0.15, 0.2) is 48.8 Å². The molecule has 0 spiro atoms. The molecule has 0 fully saturated rings. The first-order valence-corrected chi connectivity index (χ1v) is 6.68. The summed E-state index contributed by atoms with van der Waals surface area (Å²) in [6, 6.07) is 11.2. The average Bonchev–Trinajstić information content (AvgIpc) is 2.55. The number of nitrogens with zero attached hydrogens (tertiary/aromatic N) is 2. The summed E-state index contributed by atoms with van der Waals surface area (Å²) in [6.07, 6.45) is 3.09. The number of aliphatic hydroxyl groups is 1. The van der Waals surface area contributed by atoms with Crippen LogP contribution in [0.3, 0.4) is 0 Å². The van der Waals surface area contributed by atoms with Gasteiger partial charge in [-0.25, -0.2) is 0 Å². The third-order valence-corrected chi connectivity index (χ3v) is 2.93. The van der Waals surface area contributed by atoms with Crippen LogP contribution in [0.1, 0.15) is 22.8 Å². The molecule has 1 aromatic carbocycles. The molecule has 21 heavy (non-hydrogen) atoms. The van der Waals surface area contributed by atoms with Crippen LogP contribution >= 0.6 is 0 Å². The van der Waals surface area contributed by atoms with Gasteiger partial charge in [0.25, 0.3) is 5.91 Å². The summed E-state index contributed by atoms with van der Waals surface area (Å²) in [6.45, 7) is 2.27. The highest BCUT2D eigenvalue weighted by Crippen LogP contribution is 2.16. The molecule has 0 aliphatic rings. The van der Waals surface area contributed by atoms with Gasteiger partial charge in [0, 0.05) is 30.2 Å². The predicted octanol–water partition coefficient (Wildman–Crippen LogP) is 2.09. The van der Waals surface area contributed by atoms with Gasteiger partial charge in [0.2, 0.25) is 0 Å². The molecular formula is C17H16N2O2. The minimum Gasteiger partial charge on any atom is -0.384 e. The fourth-order valence-corrected chi connectivity index (χ4v) is 1.97. The second kappa shape index (κ2) is 7.22. The monoisotopic (exact) mass is 280 g/mol. The number of para-hydroxylation sites is 1. The Morgan fingerprint density at radius 1 is 1.29 bits per heavy atom. The van der Waals surface area contributed by atoms with Crippen molar-refractivity contribution in [3.63, 3.8) is 0 Å². The Kier molecular flexibility index (Phi) is 5.08. The molecule has 0 unspecified atom stereocenters. The molecule has 2 rings (SSSR count). The van der Waals surface area contributed by atoms with Crippen LogP contribution in [-0.4, -0.2) is 29.1 Å². The molecule has 0 bridgehead atoms. The van der Waals surface area contributed by atoms with Crippen molar-refractivity contribution < 1.29 is 9.90 Å². The number of aliphatic hydroxyl groups excluding tert-OH is 1. The maximum atomic E-state index is 12.6. The van der Waals surface area contributed by atoms with Crippen LogP contribution in [-0.2, 0) is 0 Å². The van der Waals surface area contributed by atoms with Crippen molar-refractivity contribution in [1.29, 1.82) is 0 Å². The van der Waals surface area contributed by atoms with Crippen molar-refractivity contribution >= 4 is 11.6 Å². The van der Waals surface area contributed by atoms with E-state index >= 15 is 0 Å². The van der Waals surface area contributed by atoms with E-state index in [2.05, 4.69) is 16.8 Å². The molecule has 4 nitrogen and oxygen atoms in total. The highest BCUT2D eigenvalue weighted by atomic mass is 16.2. The number of amides is 1. The highest BCUT2D eigenvalue weighted by molar-refractivity contribution is 6.06. The quantitative estimate of drug-likeness (QED) is 0.876. The van der Waals surface area contributed by atoms with E-state index in [0.717, 1.165) is 5.69 Å². The van der Waals surface area contributed by atoms with Crippen LogP contribution in [0.2, 0.25) is 0 Å². The van der Waals surface area contributed by atoms with Gasteiger partial charge in [0.05, 0.1) is 5.56 Å². The number of benzene rings is 1. The van der Waals surface area contributed by atoms with Gasteiger partial charge in [-0.1, -0.05) is 30.0 Å². The van der Waals surface area contributed by atoms with Crippen LogP contribution in [0.5, 0.6) is 0 Å². The molecule has 106 valence electrons. The number of carbonyl (C=O) groups is 1. The first kappa shape index (κ1) is 14.8. The third-order valence-electron chi connectivity index (χ3n) is 2.93. The van der Waals surface area contributed by atoms with Crippen molar-refractivity contribution in [2.24, 2.45) is 0 Å². The minimum absolute atomic E-state index is 0.121. The summed E-state index contributed by atoms with van der Waals surface area (Å²) in [5, 5.41) is 8.71. The second-order valence-electron chi connectivity index (χ2n) is 4.31. The van der Waals surface area contributed by atoms with Crippen molar-refractivity contribution in [1.82, 2.24) is 4.98 Å². The zero-order chi connectivity index (χ0) is 15.1. The maximum Gasteiger partial charge on any atom is 0.259 e. The van der Waals surface area contributed by atoms with Crippen molar-refractivity contribution in [2.75, 3.05) is 18.1 Å². The Morgan fingerprint density at radius 2 is 2.05 bits per heavy atom. The molecule has 0 aliphatic carbocycles. The summed E-state index contributed by atoms with van der Waals surface area (Å²) in [5.74, 6) is 5.18. The van der Waals surface area contributed by atoms with Gasteiger partial charge >= 0.3 is 0 Å². The molecule has 0 radical (unpaired) electrons. The number of hydrogen-bond donors (Lipinski definition) is 1. The molecule has 1 aromatic heterocycles. The van der Waals surface area contributed by atoms with E-state index < -0.39 is 0 Å². The van der Waals surface area contributed by atoms with Crippen LogP contribution in [0.25, 0.3) is 0 Å². The standard InChI is InChI=1S/C17H16N2O2/c1-2-19(16-8-4-3-5-9-16)17(21)15-11-14(7-6-10-20)12-18-13-15/h3-5,8-9,11-13,20H,2,10H2,1H3. The van der Waals surface area contributed by atoms with Crippen LogP contribution in [0, 0.1) is 11.8 Å². The van der Waals surface area contributed by atoms with Crippen molar-refractivity contribution in [3.05, 3.63) is 59.9 Å². The lowest BCUT2D eigenvalue weighted by atomic mass is 10.1. The Hall–Kier alpha value is -2.64. The first-order chi connectivity index (χ1) is 10.3. The van der Waals surface area contributed by atoms with Gasteiger partial charge < -0.3 is 10.0 Å². The number of carbonyl (C=O) groups excluding carboxylic acids is 1. The number of pyridine rings is 1. The van der Waals surface area contributed by atoms with Crippen molar-refractivity contribution in [3.8, 4) is 11.8 Å². The topological polar surface area (TPSA) is 53.4 Å². The molecule has 0 saturated heterocycles. The van der Waals surface area contributed by atoms with Gasteiger partial charge in [0.15, 0.2) is 0 Å². The molecule has 0 saturated carbocycles. The predicted molar refractivity (Wildman–Crippen MR) is 82.0 cm³/mol. The average molecular weight is 280 g/mol. The molecular weight excluding hydrogens is 264 g/mol. The van der Waals surface area contributed by atoms with Gasteiger partial charge in [-0.05, 0) is 25.1 Å². The van der Waals surface area contributed by atoms with Crippen LogP contribution in [0.4, 0.5) is 5.69 Å². The molecule has 1 heterocycles. The first-order valence-electron chi connectivity index (χ1n) is 6.68. The SMILES string of the molecule is CCN(C(=O)c1cncc(C#CCO)c1)c1ccccc1. The van der Waals surface area contributed by atoms with E-state index in [1.165, 1.54) is 6.20 Å². The molecule has 0 atom stereocenters. The summed E-state index contributed by atoms with van der Waals surface area (Å²) >= 11 is 0. The molecule has 1 amide bonds. The maximum absolute atomic E-state index is 12.6. The Labute approximate surface area is 124 Å². The minimum atomic E-state index is -0.219. The fraction of sp³-hybridized carbons (Fsp3) is 0.176. The number of aromatic nitrogens is 1. The fourth-order valence-electron chi connectivity index (χ4n) is 1.97. The van der Waals surface area contributed by atoms with Gasteiger partial charge in [-0.3, -0.25) is 9.78 Å². The molecule has 1 N–H and O–H groups in total. The molecule has 0 aliphatic heterocycles. The summed E-state index contributed by atoms with van der Waals surface area (Å²) in [5.41, 5.74) is 1.93. The number of anilines is 1. The Bertz CT molecular complexity index is 672. The van der Waals surface area contributed by atoms with E-state index in [9.17, 15) is 4.79 Å². The van der Waals surface area contributed by atoms with E-state index in [4.69, 9.17) is 5.11 Å². The lowest BCUT2D eigenvalue weighted by Crippen LogP contribution is -2.30. The smallest absolute Gasteiger partial charge is 0.259 e.